The van der Waals surface area contributed by atoms with Crippen LogP contribution >= 0.6 is 0 Å². The minimum absolute atomic E-state index is 0.241. The second-order valence-corrected chi connectivity index (χ2v) is 8.63. The first-order valence-electron chi connectivity index (χ1n) is 10.5. The van der Waals surface area contributed by atoms with Gasteiger partial charge in [0.2, 0.25) is 0 Å². The smallest absolute Gasteiger partial charge is 0.306 e. The third-order valence-electron chi connectivity index (χ3n) is 4.70. The van der Waals surface area contributed by atoms with Crippen LogP contribution in [0.5, 0.6) is 0 Å². The number of amides is 2. The second-order valence-electron chi connectivity index (χ2n) is 8.63. The fourth-order valence-electron chi connectivity index (χ4n) is 3.22. The van der Waals surface area contributed by atoms with Crippen molar-refractivity contribution in [3.05, 3.63) is 70.3 Å². The van der Waals surface area contributed by atoms with E-state index >= 15 is 0 Å². The molecule has 166 valence electrons. The predicted octanol–water partition coefficient (Wildman–Crippen LogP) is 4.38. The van der Waals surface area contributed by atoms with Gasteiger partial charge in [-0.1, -0.05) is 29.3 Å². The molecule has 0 aromatic heterocycles. The molecule has 0 heterocycles. The van der Waals surface area contributed by atoms with Crippen LogP contribution in [0, 0.1) is 13.8 Å². The number of carbonyl (C=O) groups is 3. The van der Waals surface area contributed by atoms with E-state index < -0.39 is 5.54 Å². The molecule has 0 spiro atoms. The first kappa shape index (κ1) is 24.1. The van der Waals surface area contributed by atoms with Crippen LogP contribution in [0.15, 0.2) is 42.5 Å². The normalized spacial score (nSPS) is 11.0. The number of nitrogens with zero attached hydrogens (tertiary/aromatic N) is 1. The minimum Gasteiger partial charge on any atom is -0.466 e. The Kier molecular flexibility index (Phi) is 7.97. The summed E-state index contributed by atoms with van der Waals surface area (Å²) in [7, 11) is 0. The number of hydrazine groups is 1. The summed E-state index contributed by atoms with van der Waals surface area (Å²) in [5.74, 6) is -0.877. The van der Waals surface area contributed by atoms with Crippen molar-refractivity contribution in [2.75, 3.05) is 6.61 Å². The first-order valence-corrected chi connectivity index (χ1v) is 10.5. The van der Waals surface area contributed by atoms with E-state index in [1.807, 2.05) is 52.8 Å². The summed E-state index contributed by atoms with van der Waals surface area (Å²) in [4.78, 5) is 37.5. The van der Waals surface area contributed by atoms with Gasteiger partial charge in [0.25, 0.3) is 11.8 Å². The van der Waals surface area contributed by atoms with Crippen LogP contribution in [-0.2, 0) is 16.0 Å². The molecule has 0 saturated heterocycles. The number of rotatable bonds is 6. The van der Waals surface area contributed by atoms with Crippen molar-refractivity contribution < 1.29 is 19.1 Å². The maximum absolute atomic E-state index is 13.2. The standard InChI is InChI=1S/C25H32N2O4/c1-7-31-22(28)13-10-19-8-11-20(12-9-19)23(29)26-27(25(4,5)6)24(30)21-15-17(2)14-18(3)16-21/h8-9,11-12,14-16H,7,10,13H2,1-6H3,(H,26,29). The van der Waals surface area contributed by atoms with E-state index in [0.29, 0.717) is 30.6 Å². The van der Waals surface area contributed by atoms with Crippen LogP contribution in [0.1, 0.15) is 71.5 Å². The molecule has 0 unspecified atom stereocenters. The number of nitrogens with one attached hydrogen (secondary N) is 1. The van der Waals surface area contributed by atoms with Crippen LogP contribution in [-0.4, -0.2) is 34.9 Å². The van der Waals surface area contributed by atoms with Gasteiger partial charge >= 0.3 is 5.97 Å². The topological polar surface area (TPSA) is 75.7 Å². The third kappa shape index (κ3) is 6.95. The zero-order valence-corrected chi connectivity index (χ0v) is 19.2. The Morgan fingerprint density at radius 3 is 2.03 bits per heavy atom. The average molecular weight is 425 g/mol. The van der Waals surface area contributed by atoms with E-state index in [2.05, 4.69) is 5.43 Å². The molecular formula is C25H32N2O4. The van der Waals surface area contributed by atoms with E-state index in [4.69, 9.17) is 4.74 Å². The summed E-state index contributed by atoms with van der Waals surface area (Å²) in [6.45, 7) is 11.6. The van der Waals surface area contributed by atoms with Gasteiger partial charge in [-0.25, -0.2) is 5.01 Å². The lowest BCUT2D eigenvalue weighted by atomic mass is 10.0. The molecule has 0 aliphatic heterocycles. The van der Waals surface area contributed by atoms with Crippen LogP contribution in [0.2, 0.25) is 0 Å². The molecule has 0 radical (unpaired) electrons. The largest absolute Gasteiger partial charge is 0.466 e. The molecule has 0 atom stereocenters. The summed E-state index contributed by atoms with van der Waals surface area (Å²) in [6.07, 6.45) is 0.835. The quantitative estimate of drug-likeness (QED) is 0.551. The summed E-state index contributed by atoms with van der Waals surface area (Å²) in [5, 5.41) is 1.37. The molecule has 2 rings (SSSR count). The molecular weight excluding hydrogens is 392 g/mol. The molecule has 0 saturated carbocycles. The van der Waals surface area contributed by atoms with Crippen molar-refractivity contribution in [1.82, 2.24) is 10.4 Å². The van der Waals surface area contributed by atoms with E-state index in [-0.39, 0.29) is 17.8 Å². The molecule has 0 bridgehead atoms. The lowest BCUT2D eigenvalue weighted by molar-refractivity contribution is -0.143. The summed E-state index contributed by atoms with van der Waals surface area (Å²) in [6, 6.07) is 12.6. The van der Waals surface area contributed by atoms with Crippen LogP contribution in [0.4, 0.5) is 0 Å². The number of carbonyl (C=O) groups excluding carboxylic acids is 3. The third-order valence-corrected chi connectivity index (χ3v) is 4.70. The monoisotopic (exact) mass is 424 g/mol. The van der Waals surface area contributed by atoms with Gasteiger partial charge in [-0.15, -0.1) is 0 Å². The molecule has 31 heavy (non-hydrogen) atoms. The first-order chi connectivity index (χ1) is 14.5. The summed E-state index contributed by atoms with van der Waals surface area (Å²) in [5.41, 5.74) is 6.02. The molecule has 2 aromatic rings. The van der Waals surface area contributed by atoms with Gasteiger partial charge in [0.15, 0.2) is 0 Å². The zero-order valence-electron chi connectivity index (χ0n) is 19.2. The highest BCUT2D eigenvalue weighted by atomic mass is 16.5. The summed E-state index contributed by atoms with van der Waals surface area (Å²) < 4.78 is 4.93. The van der Waals surface area contributed by atoms with Gasteiger partial charge in [-0.05, 0) is 77.8 Å². The molecule has 0 fully saturated rings. The van der Waals surface area contributed by atoms with Crippen LogP contribution in [0.3, 0.4) is 0 Å². The van der Waals surface area contributed by atoms with Gasteiger partial charge < -0.3 is 4.74 Å². The van der Waals surface area contributed by atoms with Crippen molar-refractivity contribution >= 4 is 17.8 Å². The molecule has 0 aliphatic rings. The lowest BCUT2D eigenvalue weighted by Gasteiger charge is -2.35. The maximum Gasteiger partial charge on any atom is 0.306 e. The molecule has 6 nitrogen and oxygen atoms in total. The van der Waals surface area contributed by atoms with Gasteiger partial charge in [0.1, 0.15) is 0 Å². The van der Waals surface area contributed by atoms with Crippen molar-refractivity contribution in [2.24, 2.45) is 0 Å². The Bertz CT molecular complexity index is 923. The number of esters is 1. The summed E-state index contributed by atoms with van der Waals surface area (Å²) >= 11 is 0. The van der Waals surface area contributed by atoms with Crippen LogP contribution in [0.25, 0.3) is 0 Å². The Balaban J connectivity index is 2.14. The predicted molar refractivity (Wildman–Crippen MR) is 121 cm³/mol. The number of benzene rings is 2. The van der Waals surface area contributed by atoms with Gasteiger partial charge in [-0.2, -0.15) is 0 Å². The number of hydrogen-bond donors (Lipinski definition) is 1. The van der Waals surface area contributed by atoms with E-state index in [0.717, 1.165) is 16.7 Å². The van der Waals surface area contributed by atoms with Gasteiger partial charge in [0, 0.05) is 17.5 Å². The van der Waals surface area contributed by atoms with Crippen molar-refractivity contribution in [3.8, 4) is 0 Å². The Hall–Kier alpha value is -3.15. The van der Waals surface area contributed by atoms with Crippen molar-refractivity contribution in [3.63, 3.8) is 0 Å². The Morgan fingerprint density at radius 1 is 0.935 bits per heavy atom. The highest BCUT2D eigenvalue weighted by Gasteiger charge is 2.29. The maximum atomic E-state index is 13.2. The SMILES string of the molecule is CCOC(=O)CCc1ccc(C(=O)NN(C(=O)c2cc(C)cc(C)c2)C(C)(C)C)cc1. The lowest BCUT2D eigenvalue weighted by Crippen LogP contribution is -2.55. The highest BCUT2D eigenvalue weighted by molar-refractivity contribution is 5.99. The zero-order chi connectivity index (χ0) is 23.2. The van der Waals surface area contributed by atoms with Gasteiger partial charge in [-0.3, -0.25) is 19.8 Å². The van der Waals surface area contributed by atoms with E-state index in [1.54, 1.807) is 31.2 Å². The minimum atomic E-state index is -0.621. The Labute approximate surface area is 184 Å². The van der Waals surface area contributed by atoms with Crippen LogP contribution < -0.4 is 5.43 Å². The molecule has 1 N–H and O–H groups in total. The fraction of sp³-hybridized carbons (Fsp3) is 0.400. The highest BCUT2D eigenvalue weighted by Crippen LogP contribution is 2.18. The van der Waals surface area contributed by atoms with Crippen molar-refractivity contribution in [2.45, 2.75) is 59.9 Å². The average Bonchev–Trinajstić information content (AvgIpc) is 2.69. The molecule has 0 aliphatic carbocycles. The number of ether oxygens (including phenoxy) is 1. The van der Waals surface area contributed by atoms with E-state index in [1.165, 1.54) is 5.01 Å². The second kappa shape index (κ2) is 10.2. The molecule has 2 amide bonds. The van der Waals surface area contributed by atoms with Crippen molar-refractivity contribution in [1.29, 1.82) is 0 Å². The number of hydrogen-bond acceptors (Lipinski definition) is 4. The fourth-order valence-corrected chi connectivity index (χ4v) is 3.22. The molecule has 2 aromatic carbocycles. The van der Waals surface area contributed by atoms with Gasteiger partial charge in [0.05, 0.1) is 12.1 Å². The Morgan fingerprint density at radius 2 is 1.52 bits per heavy atom. The molecule has 6 heteroatoms. The number of aryl methyl sites for hydroxylation is 3. The van der Waals surface area contributed by atoms with E-state index in [9.17, 15) is 14.4 Å².